The van der Waals surface area contributed by atoms with Gasteiger partial charge in [-0.15, -0.1) is 0 Å². The summed E-state index contributed by atoms with van der Waals surface area (Å²) in [5, 5.41) is 0. The maximum absolute atomic E-state index is 10.8. The molecule has 10 heavy (non-hydrogen) atoms. The number of hydrogen-bond donors (Lipinski definition) is 1. The number of carbonyl (C=O) groups excluding carboxylic acids is 1. The monoisotopic (exact) mass is 143 g/mol. The highest BCUT2D eigenvalue weighted by molar-refractivity contribution is 5.79. The first-order valence-corrected chi connectivity index (χ1v) is 3.09. The third-order valence-electron chi connectivity index (χ3n) is 0.837. The van der Waals surface area contributed by atoms with E-state index in [4.69, 9.17) is 5.73 Å². The molecule has 0 spiro atoms. The van der Waals surface area contributed by atoms with E-state index in [-0.39, 0.29) is 0 Å². The summed E-state index contributed by atoms with van der Waals surface area (Å²) in [7, 11) is 0. The van der Waals surface area contributed by atoms with Crippen molar-refractivity contribution in [3.05, 3.63) is 12.3 Å². The van der Waals surface area contributed by atoms with E-state index in [1.54, 1.807) is 26.8 Å². The quantitative estimate of drug-likeness (QED) is 0.459. The molecule has 0 aliphatic rings. The van der Waals surface area contributed by atoms with E-state index in [1.165, 1.54) is 6.26 Å². The van der Waals surface area contributed by atoms with Crippen molar-refractivity contribution in [2.24, 2.45) is 5.73 Å². The fourth-order valence-electron chi connectivity index (χ4n) is 0.282. The van der Waals surface area contributed by atoms with Gasteiger partial charge in [-0.05, 0) is 20.8 Å². The predicted molar refractivity (Wildman–Crippen MR) is 39.2 cm³/mol. The van der Waals surface area contributed by atoms with Gasteiger partial charge in [0.25, 0.3) is 0 Å². The summed E-state index contributed by atoms with van der Waals surface area (Å²) in [5.41, 5.74) is 4.51. The summed E-state index contributed by atoms with van der Waals surface area (Å²) >= 11 is 0. The van der Waals surface area contributed by atoms with Gasteiger partial charge in [0.05, 0.1) is 6.26 Å². The minimum atomic E-state index is -0.903. The number of allylic oxidation sites excluding steroid dienone is 1. The lowest BCUT2D eigenvalue weighted by molar-refractivity contribution is -0.142. The number of esters is 1. The third-order valence-corrected chi connectivity index (χ3v) is 0.837. The Labute approximate surface area is 60.9 Å². The van der Waals surface area contributed by atoms with E-state index < -0.39 is 11.5 Å². The Morgan fingerprint density at radius 1 is 1.60 bits per heavy atom. The molecule has 0 saturated heterocycles. The van der Waals surface area contributed by atoms with E-state index in [2.05, 4.69) is 4.74 Å². The summed E-state index contributed by atoms with van der Waals surface area (Å²) in [6, 6.07) is 0. The van der Waals surface area contributed by atoms with Crippen molar-refractivity contribution in [1.29, 1.82) is 0 Å². The Hall–Kier alpha value is -0.830. The molecule has 0 heterocycles. The summed E-state index contributed by atoms with van der Waals surface area (Å²) in [6.07, 6.45) is 2.95. The van der Waals surface area contributed by atoms with E-state index in [0.29, 0.717) is 0 Å². The van der Waals surface area contributed by atoms with Gasteiger partial charge < -0.3 is 10.5 Å². The van der Waals surface area contributed by atoms with Crippen LogP contribution in [0.3, 0.4) is 0 Å². The summed E-state index contributed by atoms with van der Waals surface area (Å²) in [6.45, 7) is 4.95. The molecule has 0 rings (SSSR count). The molecule has 58 valence electrons. The lowest BCUT2D eigenvalue weighted by Crippen LogP contribution is -2.42. The van der Waals surface area contributed by atoms with Crippen molar-refractivity contribution in [3.8, 4) is 0 Å². The second kappa shape index (κ2) is 3.37. The molecule has 0 radical (unpaired) electrons. The number of rotatable bonds is 2. The first-order valence-electron chi connectivity index (χ1n) is 3.09. The van der Waals surface area contributed by atoms with Crippen LogP contribution in [0.1, 0.15) is 20.8 Å². The number of nitrogens with two attached hydrogens (primary N) is 1. The number of hydrogen-bond acceptors (Lipinski definition) is 3. The molecule has 0 aliphatic carbocycles. The minimum Gasteiger partial charge on any atom is -0.433 e. The standard InChI is InChI=1S/C7H13NO2/c1-4-5-10-6(9)7(2,3)8/h4-5H,8H2,1-3H3. The summed E-state index contributed by atoms with van der Waals surface area (Å²) < 4.78 is 4.61. The molecule has 3 nitrogen and oxygen atoms in total. The number of ether oxygens (including phenoxy) is 1. The zero-order valence-electron chi connectivity index (χ0n) is 6.55. The Morgan fingerprint density at radius 2 is 2.10 bits per heavy atom. The molecule has 0 fully saturated rings. The third kappa shape index (κ3) is 3.25. The van der Waals surface area contributed by atoms with Gasteiger partial charge in [-0.2, -0.15) is 0 Å². The zero-order chi connectivity index (χ0) is 8.20. The van der Waals surface area contributed by atoms with E-state index in [9.17, 15) is 4.79 Å². The van der Waals surface area contributed by atoms with Gasteiger partial charge in [-0.1, -0.05) is 6.08 Å². The molecule has 0 aromatic rings. The first kappa shape index (κ1) is 9.17. The van der Waals surface area contributed by atoms with Crippen LogP contribution in [0.5, 0.6) is 0 Å². The Balaban J connectivity index is 3.86. The zero-order valence-corrected chi connectivity index (χ0v) is 6.55. The van der Waals surface area contributed by atoms with Gasteiger partial charge in [0, 0.05) is 0 Å². The van der Waals surface area contributed by atoms with Crippen molar-refractivity contribution in [2.75, 3.05) is 0 Å². The van der Waals surface area contributed by atoms with Crippen LogP contribution in [0.15, 0.2) is 12.3 Å². The fraction of sp³-hybridized carbons (Fsp3) is 0.571. The molecule has 0 aromatic heterocycles. The van der Waals surface area contributed by atoms with Crippen molar-refractivity contribution in [1.82, 2.24) is 0 Å². The maximum atomic E-state index is 10.8. The molecule has 3 heteroatoms. The second-order valence-electron chi connectivity index (χ2n) is 2.60. The van der Waals surface area contributed by atoms with Crippen LogP contribution in [0, 0.1) is 0 Å². The lowest BCUT2D eigenvalue weighted by Gasteiger charge is -2.13. The average Bonchev–Trinajstić information content (AvgIpc) is 1.80. The highest BCUT2D eigenvalue weighted by atomic mass is 16.5. The SMILES string of the molecule is CC=COC(=O)C(C)(C)N. The smallest absolute Gasteiger partial charge is 0.330 e. The summed E-state index contributed by atoms with van der Waals surface area (Å²) in [5.74, 6) is -0.425. The molecule has 0 saturated carbocycles. The predicted octanol–water partition coefficient (Wildman–Crippen LogP) is 0.800. The van der Waals surface area contributed by atoms with Crippen LogP contribution in [-0.4, -0.2) is 11.5 Å². The average molecular weight is 143 g/mol. The normalized spacial score (nSPS) is 12.0. The van der Waals surface area contributed by atoms with E-state index in [0.717, 1.165) is 0 Å². The van der Waals surface area contributed by atoms with Gasteiger partial charge in [0.15, 0.2) is 0 Å². The molecule has 2 N–H and O–H groups in total. The van der Waals surface area contributed by atoms with Gasteiger partial charge in [0.2, 0.25) is 0 Å². The highest BCUT2D eigenvalue weighted by Gasteiger charge is 2.22. The van der Waals surface area contributed by atoms with E-state index in [1.807, 2.05) is 0 Å². The highest BCUT2D eigenvalue weighted by Crippen LogP contribution is 1.99. The molecular formula is C7H13NO2. The maximum Gasteiger partial charge on any atom is 0.330 e. The van der Waals surface area contributed by atoms with Gasteiger partial charge in [-0.25, -0.2) is 4.79 Å². The molecule has 0 bridgehead atoms. The lowest BCUT2D eigenvalue weighted by atomic mass is 10.1. The Bertz CT molecular complexity index is 144. The van der Waals surface area contributed by atoms with Gasteiger partial charge >= 0.3 is 5.97 Å². The van der Waals surface area contributed by atoms with Crippen molar-refractivity contribution >= 4 is 5.97 Å². The van der Waals surface area contributed by atoms with Gasteiger partial charge in [0.1, 0.15) is 5.54 Å². The van der Waals surface area contributed by atoms with E-state index >= 15 is 0 Å². The number of carbonyl (C=O) groups is 1. The van der Waals surface area contributed by atoms with Crippen molar-refractivity contribution < 1.29 is 9.53 Å². The summed E-state index contributed by atoms with van der Waals surface area (Å²) in [4.78, 5) is 10.8. The first-order chi connectivity index (χ1) is 4.48. The van der Waals surface area contributed by atoms with Crippen LogP contribution < -0.4 is 5.73 Å². The Morgan fingerprint density at radius 3 is 2.40 bits per heavy atom. The van der Waals surface area contributed by atoms with Crippen LogP contribution >= 0.6 is 0 Å². The molecule has 0 aromatic carbocycles. The van der Waals surface area contributed by atoms with Crippen LogP contribution in [0.25, 0.3) is 0 Å². The second-order valence-corrected chi connectivity index (χ2v) is 2.60. The fourth-order valence-corrected chi connectivity index (χ4v) is 0.282. The molecule has 0 atom stereocenters. The Kier molecular flexibility index (Phi) is 3.09. The molecular weight excluding hydrogens is 130 g/mol. The minimum absolute atomic E-state index is 0.425. The van der Waals surface area contributed by atoms with Crippen molar-refractivity contribution in [2.45, 2.75) is 26.3 Å². The molecule has 0 amide bonds. The van der Waals surface area contributed by atoms with Crippen LogP contribution in [0.4, 0.5) is 0 Å². The van der Waals surface area contributed by atoms with Crippen LogP contribution in [0.2, 0.25) is 0 Å². The van der Waals surface area contributed by atoms with Crippen molar-refractivity contribution in [3.63, 3.8) is 0 Å². The molecule has 0 aliphatic heterocycles. The topological polar surface area (TPSA) is 52.3 Å². The molecule has 0 unspecified atom stereocenters. The largest absolute Gasteiger partial charge is 0.433 e. The van der Waals surface area contributed by atoms with Gasteiger partial charge in [-0.3, -0.25) is 0 Å². The van der Waals surface area contributed by atoms with Crippen LogP contribution in [-0.2, 0) is 9.53 Å².